The van der Waals surface area contributed by atoms with Gasteiger partial charge < -0.3 is 11.1 Å². The first-order chi connectivity index (χ1) is 8.06. The van der Waals surface area contributed by atoms with E-state index < -0.39 is 0 Å². The van der Waals surface area contributed by atoms with E-state index >= 15 is 0 Å². The maximum atomic E-state index is 11.9. The van der Waals surface area contributed by atoms with Gasteiger partial charge in [-0.1, -0.05) is 12.1 Å². The number of nitrogens with two attached hydrogens (primary N) is 1. The Morgan fingerprint density at radius 2 is 2.18 bits per heavy atom. The molecule has 0 aliphatic carbocycles. The zero-order valence-electron chi connectivity index (χ0n) is 10.6. The molecular weight excluding hydrogens is 232 g/mol. The zero-order chi connectivity index (χ0) is 12.8. The van der Waals surface area contributed by atoms with Gasteiger partial charge in [0, 0.05) is 18.0 Å². The third-order valence-electron chi connectivity index (χ3n) is 2.72. The largest absolute Gasteiger partial charge is 0.330 e. The number of aryl methyl sites for hydroxylation is 1. The highest BCUT2D eigenvalue weighted by Gasteiger charge is 2.13. The molecule has 1 rings (SSSR count). The number of anilines is 1. The molecule has 0 radical (unpaired) electrons. The Balaban J connectivity index is 2.64. The van der Waals surface area contributed by atoms with Gasteiger partial charge >= 0.3 is 0 Å². The van der Waals surface area contributed by atoms with Crippen LogP contribution >= 0.6 is 11.8 Å². The number of hydrogen-bond donors (Lipinski definition) is 2. The summed E-state index contributed by atoms with van der Waals surface area (Å²) < 4.78 is 0. The Labute approximate surface area is 107 Å². The highest BCUT2D eigenvalue weighted by molar-refractivity contribution is 8.00. The van der Waals surface area contributed by atoms with Gasteiger partial charge in [0.05, 0.1) is 5.25 Å². The van der Waals surface area contributed by atoms with Gasteiger partial charge in [0.2, 0.25) is 5.91 Å². The van der Waals surface area contributed by atoms with E-state index in [2.05, 4.69) is 5.32 Å². The van der Waals surface area contributed by atoms with Gasteiger partial charge in [-0.25, -0.2) is 0 Å². The van der Waals surface area contributed by atoms with Gasteiger partial charge in [-0.15, -0.1) is 11.8 Å². The number of benzene rings is 1. The van der Waals surface area contributed by atoms with Crippen LogP contribution in [0.4, 0.5) is 5.69 Å². The molecule has 0 aliphatic heterocycles. The summed E-state index contributed by atoms with van der Waals surface area (Å²) in [5, 5.41) is 2.89. The van der Waals surface area contributed by atoms with Crippen LogP contribution in [0.5, 0.6) is 0 Å². The summed E-state index contributed by atoms with van der Waals surface area (Å²) in [7, 11) is 0. The fraction of sp³-hybridized carbons (Fsp3) is 0.462. The molecule has 94 valence electrons. The van der Waals surface area contributed by atoms with Crippen molar-refractivity contribution in [1.82, 2.24) is 0 Å². The second-order valence-electron chi connectivity index (χ2n) is 4.04. The molecular formula is C13H20N2OS. The van der Waals surface area contributed by atoms with Gasteiger partial charge in [0.1, 0.15) is 0 Å². The van der Waals surface area contributed by atoms with E-state index in [1.165, 1.54) is 5.56 Å². The molecule has 17 heavy (non-hydrogen) atoms. The summed E-state index contributed by atoms with van der Waals surface area (Å²) in [6.45, 7) is 6.56. The Kier molecular flexibility index (Phi) is 5.51. The molecule has 3 nitrogen and oxygen atoms in total. The highest BCUT2D eigenvalue weighted by Crippen LogP contribution is 2.19. The van der Waals surface area contributed by atoms with Crippen molar-refractivity contribution >= 4 is 23.4 Å². The van der Waals surface area contributed by atoms with Gasteiger partial charge in [-0.3, -0.25) is 4.79 Å². The molecule has 1 atom stereocenters. The summed E-state index contributed by atoms with van der Waals surface area (Å²) in [5.41, 5.74) is 8.63. The molecule has 1 aromatic carbocycles. The molecule has 0 bridgehead atoms. The van der Waals surface area contributed by atoms with Crippen LogP contribution in [-0.4, -0.2) is 23.5 Å². The minimum Gasteiger partial charge on any atom is -0.330 e. The quantitative estimate of drug-likeness (QED) is 0.845. The lowest BCUT2D eigenvalue weighted by Gasteiger charge is -2.14. The Hall–Kier alpha value is -1.00. The summed E-state index contributed by atoms with van der Waals surface area (Å²) in [4.78, 5) is 11.9. The third-order valence-corrected chi connectivity index (χ3v) is 3.90. The topological polar surface area (TPSA) is 55.1 Å². The van der Waals surface area contributed by atoms with E-state index in [0.29, 0.717) is 6.54 Å². The second-order valence-corrected chi connectivity index (χ2v) is 5.49. The van der Waals surface area contributed by atoms with Crippen molar-refractivity contribution in [2.24, 2.45) is 5.73 Å². The monoisotopic (exact) mass is 252 g/mol. The van der Waals surface area contributed by atoms with Gasteiger partial charge in [0.25, 0.3) is 0 Å². The lowest BCUT2D eigenvalue weighted by atomic mass is 10.1. The first kappa shape index (κ1) is 14.1. The van der Waals surface area contributed by atoms with Crippen LogP contribution in [-0.2, 0) is 4.79 Å². The number of thioether (sulfide) groups is 1. The van der Waals surface area contributed by atoms with Crippen LogP contribution in [0.1, 0.15) is 18.1 Å². The number of rotatable bonds is 5. The van der Waals surface area contributed by atoms with Crippen molar-refractivity contribution in [3.8, 4) is 0 Å². The first-order valence-corrected chi connectivity index (χ1v) is 6.80. The summed E-state index contributed by atoms with van der Waals surface area (Å²) in [6, 6.07) is 5.92. The molecule has 0 aromatic heterocycles. The fourth-order valence-corrected chi connectivity index (χ4v) is 2.14. The van der Waals surface area contributed by atoms with Crippen LogP contribution in [0.25, 0.3) is 0 Å². The van der Waals surface area contributed by atoms with Crippen LogP contribution in [0.2, 0.25) is 0 Å². The Morgan fingerprint density at radius 3 is 2.82 bits per heavy atom. The van der Waals surface area contributed by atoms with E-state index in [0.717, 1.165) is 17.0 Å². The minimum atomic E-state index is -0.0709. The molecule has 1 amide bonds. The standard InChI is InChI=1S/C13H20N2OS/c1-9-5-4-6-12(10(9)2)15-13(16)11(3)17-8-7-14/h4-6,11H,7-8,14H2,1-3H3,(H,15,16). The molecule has 1 unspecified atom stereocenters. The predicted molar refractivity (Wildman–Crippen MR) is 75.5 cm³/mol. The molecule has 0 fully saturated rings. The smallest absolute Gasteiger partial charge is 0.237 e. The van der Waals surface area contributed by atoms with Crippen molar-refractivity contribution < 1.29 is 4.79 Å². The van der Waals surface area contributed by atoms with Crippen molar-refractivity contribution in [3.63, 3.8) is 0 Å². The Bertz CT molecular complexity index is 393. The molecule has 0 saturated carbocycles. The number of nitrogens with one attached hydrogen (secondary N) is 1. The number of carbonyl (C=O) groups excluding carboxylic acids is 1. The van der Waals surface area contributed by atoms with E-state index in [1.54, 1.807) is 11.8 Å². The molecule has 0 saturated heterocycles. The lowest BCUT2D eigenvalue weighted by molar-refractivity contribution is -0.115. The molecule has 1 aromatic rings. The zero-order valence-corrected chi connectivity index (χ0v) is 11.4. The average Bonchev–Trinajstić information content (AvgIpc) is 2.31. The van der Waals surface area contributed by atoms with Crippen LogP contribution in [0, 0.1) is 13.8 Å². The maximum absolute atomic E-state index is 11.9. The minimum absolute atomic E-state index is 0.0390. The number of carbonyl (C=O) groups is 1. The number of amides is 1. The molecule has 0 spiro atoms. The normalized spacial score (nSPS) is 12.2. The van der Waals surface area contributed by atoms with Gasteiger partial charge in [0.15, 0.2) is 0 Å². The van der Waals surface area contributed by atoms with Crippen LogP contribution < -0.4 is 11.1 Å². The predicted octanol–water partition coefficient (Wildman–Crippen LogP) is 2.32. The van der Waals surface area contributed by atoms with Gasteiger partial charge in [-0.05, 0) is 38.0 Å². The van der Waals surface area contributed by atoms with E-state index in [9.17, 15) is 4.79 Å². The van der Waals surface area contributed by atoms with Crippen LogP contribution in [0.3, 0.4) is 0 Å². The first-order valence-electron chi connectivity index (χ1n) is 5.75. The average molecular weight is 252 g/mol. The summed E-state index contributed by atoms with van der Waals surface area (Å²) in [6.07, 6.45) is 0. The molecule has 0 aliphatic rings. The molecule has 4 heteroatoms. The van der Waals surface area contributed by atoms with Crippen molar-refractivity contribution in [1.29, 1.82) is 0 Å². The Morgan fingerprint density at radius 1 is 1.47 bits per heavy atom. The third kappa shape index (κ3) is 4.06. The van der Waals surface area contributed by atoms with Gasteiger partial charge in [-0.2, -0.15) is 0 Å². The van der Waals surface area contributed by atoms with Crippen LogP contribution in [0.15, 0.2) is 18.2 Å². The molecule has 3 N–H and O–H groups in total. The summed E-state index contributed by atoms with van der Waals surface area (Å²) >= 11 is 1.58. The number of hydrogen-bond acceptors (Lipinski definition) is 3. The van der Waals surface area contributed by atoms with E-state index in [1.807, 2.05) is 39.0 Å². The highest BCUT2D eigenvalue weighted by atomic mass is 32.2. The fourth-order valence-electron chi connectivity index (χ4n) is 1.44. The lowest BCUT2D eigenvalue weighted by Crippen LogP contribution is -2.24. The van der Waals surface area contributed by atoms with E-state index in [4.69, 9.17) is 5.73 Å². The second kappa shape index (κ2) is 6.67. The summed E-state index contributed by atoms with van der Waals surface area (Å²) in [5.74, 6) is 0.846. The maximum Gasteiger partial charge on any atom is 0.237 e. The van der Waals surface area contributed by atoms with E-state index in [-0.39, 0.29) is 11.2 Å². The molecule has 0 heterocycles. The SMILES string of the molecule is Cc1cccc(NC(=O)C(C)SCCN)c1C. The van der Waals surface area contributed by atoms with Crippen molar-refractivity contribution in [2.75, 3.05) is 17.6 Å². The van der Waals surface area contributed by atoms with Crippen molar-refractivity contribution in [3.05, 3.63) is 29.3 Å². The van der Waals surface area contributed by atoms with Crippen molar-refractivity contribution in [2.45, 2.75) is 26.0 Å².